The van der Waals surface area contributed by atoms with Gasteiger partial charge in [0.15, 0.2) is 5.65 Å². The van der Waals surface area contributed by atoms with Gasteiger partial charge in [-0.2, -0.15) is 0 Å². The smallest absolute Gasteiger partial charge is 0.268 e. The average Bonchev–Trinajstić information content (AvgIpc) is 3.53. The summed E-state index contributed by atoms with van der Waals surface area (Å²) in [4.78, 5) is 38.3. The van der Waals surface area contributed by atoms with Crippen LogP contribution in [-0.2, 0) is 0 Å². The van der Waals surface area contributed by atoms with E-state index in [1.54, 1.807) is 8.80 Å². The van der Waals surface area contributed by atoms with Crippen LogP contribution >= 0.6 is 65.9 Å². The van der Waals surface area contributed by atoms with Crippen molar-refractivity contribution in [2.75, 3.05) is 0 Å². The van der Waals surface area contributed by atoms with E-state index < -0.39 is 0 Å². The fourth-order valence-corrected chi connectivity index (χ4v) is 8.96. The molecule has 0 saturated heterocycles. The zero-order chi connectivity index (χ0) is 20.8. The maximum atomic E-state index is 13.7. The van der Waals surface area contributed by atoms with Gasteiger partial charge in [0.25, 0.3) is 11.1 Å². The number of halogens is 2. The Morgan fingerprint density at radius 2 is 1.32 bits per heavy atom. The SMILES string of the molecule is O=c1c2sc3c4c(ccc(c24)c2nc4scc(Br)c4n12)c(=O)n1c3nc2scc(Br)c21. The van der Waals surface area contributed by atoms with Crippen molar-refractivity contribution in [2.45, 2.75) is 0 Å². The summed E-state index contributed by atoms with van der Waals surface area (Å²) in [5, 5.41) is 6.98. The number of benzene rings is 1. The topological polar surface area (TPSA) is 68.7 Å². The number of imidazole rings is 2. The van der Waals surface area contributed by atoms with E-state index in [9.17, 15) is 9.59 Å². The van der Waals surface area contributed by atoms with E-state index >= 15 is 0 Å². The average molecular weight is 588 g/mol. The van der Waals surface area contributed by atoms with E-state index in [-0.39, 0.29) is 11.1 Å². The van der Waals surface area contributed by atoms with Crippen molar-refractivity contribution in [1.29, 1.82) is 0 Å². The van der Waals surface area contributed by atoms with Gasteiger partial charge in [0.2, 0.25) is 0 Å². The molecule has 0 fully saturated rings. The molecule has 0 aliphatic heterocycles. The molecule has 0 saturated carbocycles. The molecule has 31 heavy (non-hydrogen) atoms. The van der Waals surface area contributed by atoms with Crippen molar-refractivity contribution in [3.63, 3.8) is 0 Å². The van der Waals surface area contributed by atoms with Crippen LogP contribution in [0.15, 0.2) is 41.4 Å². The molecule has 0 N–H and O–H groups in total. The van der Waals surface area contributed by atoms with Gasteiger partial charge in [-0.1, -0.05) is 0 Å². The van der Waals surface area contributed by atoms with Gasteiger partial charge < -0.3 is 0 Å². The Kier molecular flexibility index (Phi) is 3.03. The Morgan fingerprint density at radius 1 is 0.742 bits per heavy atom. The molecule has 7 heterocycles. The van der Waals surface area contributed by atoms with E-state index in [2.05, 4.69) is 31.9 Å². The lowest BCUT2D eigenvalue weighted by atomic mass is 10.0. The fourth-order valence-electron chi connectivity index (χ4n) is 4.61. The van der Waals surface area contributed by atoms with Crippen LogP contribution in [0.2, 0.25) is 0 Å². The molecule has 11 heteroatoms. The normalized spacial score (nSPS) is 13.1. The molecule has 0 bridgehead atoms. The second-order valence-electron chi connectivity index (χ2n) is 7.30. The third kappa shape index (κ3) is 1.82. The number of thiophene rings is 3. The number of fused-ring (bicyclic) bond motifs is 8. The third-order valence-electron chi connectivity index (χ3n) is 5.83. The van der Waals surface area contributed by atoms with Crippen LogP contribution in [0.5, 0.6) is 0 Å². The van der Waals surface area contributed by atoms with Gasteiger partial charge in [0.05, 0.1) is 13.6 Å². The van der Waals surface area contributed by atoms with Crippen LogP contribution in [0.3, 0.4) is 0 Å². The predicted molar refractivity (Wildman–Crippen MR) is 135 cm³/mol. The Morgan fingerprint density at radius 3 is 2.03 bits per heavy atom. The molecule has 0 unspecified atom stereocenters. The van der Waals surface area contributed by atoms with E-state index in [1.165, 1.54) is 34.0 Å². The molecule has 0 radical (unpaired) electrons. The lowest BCUT2D eigenvalue weighted by molar-refractivity contribution is 1.19. The minimum absolute atomic E-state index is 0.113. The van der Waals surface area contributed by atoms with Gasteiger partial charge in [-0.25, -0.2) is 9.97 Å². The molecule has 0 spiro atoms. The van der Waals surface area contributed by atoms with E-state index in [4.69, 9.17) is 9.97 Å². The number of pyridine rings is 2. The summed E-state index contributed by atoms with van der Waals surface area (Å²) in [7, 11) is 0. The first-order valence-corrected chi connectivity index (χ1v) is 13.2. The predicted octanol–water partition coefficient (Wildman–Crippen LogP) is 6.05. The summed E-state index contributed by atoms with van der Waals surface area (Å²) < 4.78 is 6.54. The first kappa shape index (κ1) is 17.4. The van der Waals surface area contributed by atoms with Gasteiger partial charge in [-0.3, -0.25) is 18.4 Å². The lowest BCUT2D eigenvalue weighted by Crippen LogP contribution is -2.13. The van der Waals surface area contributed by atoms with Crippen molar-refractivity contribution in [3.8, 4) is 0 Å². The third-order valence-corrected chi connectivity index (χ3v) is 10.5. The molecule has 7 aromatic heterocycles. The molecule has 0 aliphatic rings. The van der Waals surface area contributed by atoms with Crippen molar-refractivity contribution < 1.29 is 0 Å². The quantitative estimate of drug-likeness (QED) is 0.202. The van der Waals surface area contributed by atoms with Gasteiger partial charge in [0, 0.05) is 32.3 Å². The molecule has 6 nitrogen and oxygen atoms in total. The van der Waals surface area contributed by atoms with Gasteiger partial charge >= 0.3 is 0 Å². The highest BCUT2D eigenvalue weighted by Crippen LogP contribution is 2.43. The van der Waals surface area contributed by atoms with Crippen molar-refractivity contribution in [3.05, 3.63) is 52.5 Å². The summed E-state index contributed by atoms with van der Waals surface area (Å²) >= 11 is 11.5. The molecular formula is C20H4Br2N4O2S3. The molecular weight excluding hydrogens is 584 g/mol. The monoisotopic (exact) mass is 586 g/mol. The summed E-state index contributed by atoms with van der Waals surface area (Å²) in [6.45, 7) is 0. The molecule has 0 atom stereocenters. The van der Waals surface area contributed by atoms with Crippen LogP contribution in [0.25, 0.3) is 62.9 Å². The first-order chi connectivity index (χ1) is 15.0. The number of rotatable bonds is 0. The highest BCUT2D eigenvalue weighted by atomic mass is 79.9. The second kappa shape index (κ2) is 5.41. The van der Waals surface area contributed by atoms with E-state index in [0.717, 1.165) is 50.5 Å². The summed E-state index contributed by atoms with van der Waals surface area (Å²) in [5.74, 6) is 0. The molecule has 8 aromatic rings. The minimum atomic E-state index is -0.120. The number of aromatic nitrogens is 4. The Labute approximate surface area is 198 Å². The second-order valence-corrected chi connectivity index (χ2v) is 11.7. The summed E-state index contributed by atoms with van der Waals surface area (Å²) in [5.41, 5.74) is 2.57. The minimum Gasteiger partial charge on any atom is -0.268 e. The molecule has 0 aliphatic carbocycles. The number of nitrogens with zero attached hydrogens (tertiary/aromatic N) is 4. The highest BCUT2D eigenvalue weighted by molar-refractivity contribution is 9.11. The molecule has 148 valence electrons. The molecule has 8 rings (SSSR count). The lowest BCUT2D eigenvalue weighted by Gasteiger charge is -2.05. The Bertz CT molecular complexity index is 2180. The van der Waals surface area contributed by atoms with Gasteiger partial charge in [0.1, 0.15) is 31.0 Å². The van der Waals surface area contributed by atoms with Crippen LogP contribution in [-0.4, -0.2) is 18.8 Å². The largest absolute Gasteiger partial charge is 0.274 e. The number of hydrogen-bond donors (Lipinski definition) is 0. The van der Waals surface area contributed by atoms with E-state index in [1.807, 2.05) is 22.9 Å². The first-order valence-electron chi connectivity index (χ1n) is 9.05. The van der Waals surface area contributed by atoms with Crippen molar-refractivity contribution in [2.24, 2.45) is 0 Å². The standard InChI is InChI=1S/C20H4Br2N4O2S3/c21-7-3-29-17-11(7)25-15(23-17)5-1-2-6-10-9(5)14(20(25)28)31-13(10)16-24-18-12(8(22)4-30-18)26(16)19(6)27/h1-4H. The fraction of sp³-hybridized carbons (Fsp3) is 0. The van der Waals surface area contributed by atoms with Crippen LogP contribution < -0.4 is 11.1 Å². The van der Waals surface area contributed by atoms with Crippen LogP contribution in [0, 0.1) is 0 Å². The highest BCUT2D eigenvalue weighted by Gasteiger charge is 2.26. The Hall–Kier alpha value is -2.18. The zero-order valence-corrected chi connectivity index (χ0v) is 20.5. The number of hydrogen-bond acceptors (Lipinski definition) is 7. The van der Waals surface area contributed by atoms with Crippen LogP contribution in [0.4, 0.5) is 0 Å². The summed E-state index contributed by atoms with van der Waals surface area (Å²) in [6.07, 6.45) is 0. The Balaban J connectivity index is 1.75. The van der Waals surface area contributed by atoms with E-state index in [0.29, 0.717) is 21.4 Å². The van der Waals surface area contributed by atoms with Crippen molar-refractivity contribution in [1.82, 2.24) is 18.8 Å². The zero-order valence-electron chi connectivity index (χ0n) is 14.9. The maximum Gasteiger partial charge on any atom is 0.274 e. The summed E-state index contributed by atoms with van der Waals surface area (Å²) in [6, 6.07) is 3.77. The van der Waals surface area contributed by atoms with Crippen LogP contribution in [0.1, 0.15) is 0 Å². The van der Waals surface area contributed by atoms with Gasteiger partial charge in [-0.05, 0) is 44.0 Å². The molecule has 0 amide bonds. The molecule has 1 aromatic carbocycles. The van der Waals surface area contributed by atoms with Crippen molar-refractivity contribution >= 4 is 129 Å². The maximum absolute atomic E-state index is 13.7. The van der Waals surface area contributed by atoms with Gasteiger partial charge in [-0.15, -0.1) is 34.0 Å².